The summed E-state index contributed by atoms with van der Waals surface area (Å²) >= 11 is 0. The van der Waals surface area contributed by atoms with Crippen molar-refractivity contribution in [3.63, 3.8) is 0 Å². The molecule has 3 heteroatoms. The van der Waals surface area contributed by atoms with Gasteiger partial charge in [0.1, 0.15) is 0 Å². The summed E-state index contributed by atoms with van der Waals surface area (Å²) in [6.07, 6.45) is 16.5. The monoisotopic (exact) mass is 516 g/mol. The Morgan fingerprint density at radius 1 is 0.967 bits per heavy atom. The van der Waals surface area contributed by atoms with Crippen LogP contribution in [0.5, 0.6) is 0 Å². The molecular weight excluding hydrogens is 486 g/mol. The summed E-state index contributed by atoms with van der Waals surface area (Å²) in [4.78, 5) is 0. The Morgan fingerprint density at radius 3 is 2.20 bits per heavy atom. The first-order valence-electron chi connectivity index (χ1n) is 10.2. The van der Waals surface area contributed by atoms with Crippen LogP contribution in [0.4, 0.5) is 0 Å². The molecule has 0 bridgehead atoms. The van der Waals surface area contributed by atoms with Crippen molar-refractivity contribution in [2.75, 3.05) is 0 Å². The molecule has 158 valence electrons. The van der Waals surface area contributed by atoms with Crippen LogP contribution >= 0.6 is 0 Å². The minimum Gasteiger partial charge on any atom is -1.00 e. The van der Waals surface area contributed by atoms with E-state index in [0.29, 0.717) is 0 Å². The fraction of sp³-hybridized carbons (Fsp3) is 0.407. The van der Waals surface area contributed by atoms with E-state index in [1.165, 1.54) is 27.8 Å². The van der Waals surface area contributed by atoms with E-state index in [-0.39, 0.29) is 67.3 Å². The molecule has 0 amide bonds. The molecule has 30 heavy (non-hydrogen) atoms. The van der Waals surface area contributed by atoms with Crippen LogP contribution in [0.15, 0.2) is 71.4 Å². The van der Waals surface area contributed by atoms with Crippen LogP contribution < -0.4 is 24.8 Å². The normalized spacial score (nSPS) is 21.7. The molecule has 0 spiro atoms. The van der Waals surface area contributed by atoms with Crippen LogP contribution in [-0.4, -0.2) is 0 Å². The van der Waals surface area contributed by atoms with Crippen molar-refractivity contribution in [3.8, 4) is 0 Å². The molecule has 0 saturated heterocycles. The molecule has 0 heterocycles. The first kappa shape index (κ1) is 27.4. The number of rotatable bonds is 2. The Morgan fingerprint density at radius 2 is 1.63 bits per heavy atom. The quantitative estimate of drug-likeness (QED) is 0.560. The van der Waals surface area contributed by atoms with Gasteiger partial charge in [0.2, 0.25) is 0 Å². The predicted octanol–water partition coefficient (Wildman–Crippen LogP) is 1.77. The molecule has 0 saturated carbocycles. The van der Waals surface area contributed by atoms with Gasteiger partial charge in [-0.05, 0) is 57.6 Å². The second-order valence-electron chi connectivity index (χ2n) is 10.4. The van der Waals surface area contributed by atoms with Crippen LogP contribution in [0.2, 0.25) is 0 Å². The molecule has 0 fully saturated rings. The van der Waals surface area contributed by atoms with Gasteiger partial charge in [-0.25, -0.2) is 0 Å². The van der Waals surface area contributed by atoms with Crippen molar-refractivity contribution in [2.45, 2.75) is 54.4 Å². The Kier molecular flexibility index (Phi) is 8.66. The van der Waals surface area contributed by atoms with Gasteiger partial charge in [-0.3, -0.25) is 0 Å². The molecule has 0 nitrogen and oxygen atoms in total. The van der Waals surface area contributed by atoms with Crippen molar-refractivity contribution in [3.05, 3.63) is 82.5 Å². The molecule has 3 aliphatic rings. The van der Waals surface area contributed by atoms with Gasteiger partial charge in [-0.1, -0.05) is 102 Å². The predicted molar refractivity (Wildman–Crippen MR) is 118 cm³/mol. The zero-order valence-electron chi connectivity index (χ0n) is 18.9. The summed E-state index contributed by atoms with van der Waals surface area (Å²) in [5.74, 6) is 0. The fourth-order valence-corrected chi connectivity index (χ4v) is 4.94. The van der Waals surface area contributed by atoms with Crippen molar-refractivity contribution in [1.29, 1.82) is 0 Å². The van der Waals surface area contributed by atoms with E-state index >= 15 is 0 Å². The number of halogens is 2. The number of hydrogen-bond donors (Lipinski definition) is 0. The Balaban J connectivity index is 0.00000150. The average Bonchev–Trinajstić information content (AvgIpc) is 3.20. The first-order chi connectivity index (χ1) is 12.6. The second-order valence-corrected chi connectivity index (χ2v) is 10.4. The van der Waals surface area contributed by atoms with E-state index in [0.717, 1.165) is 12.8 Å². The van der Waals surface area contributed by atoms with E-state index in [1.807, 2.05) is 0 Å². The largest absolute Gasteiger partial charge is 2.00 e. The van der Waals surface area contributed by atoms with Gasteiger partial charge in [0, 0.05) is 5.41 Å². The molecule has 1 atom stereocenters. The Labute approximate surface area is 214 Å². The standard InChI is InChI=1S/C27H32.2ClH.Zr/c1-25(2,3)22-15-16-27(26(4,5)6,18-19-11-7-8-12-19)23-17-20-13-9-10-14-21(20)24(22)23;;;/h7-11,13-17H,12,18H2,1-6H3;2*1H;/q;;;+2/p-2. The van der Waals surface area contributed by atoms with Crippen LogP contribution in [0.3, 0.4) is 0 Å². The van der Waals surface area contributed by atoms with Crippen molar-refractivity contribution < 1.29 is 51.0 Å². The van der Waals surface area contributed by atoms with Gasteiger partial charge in [0.25, 0.3) is 0 Å². The van der Waals surface area contributed by atoms with Gasteiger partial charge in [0.05, 0.1) is 0 Å². The fourth-order valence-electron chi connectivity index (χ4n) is 4.94. The van der Waals surface area contributed by atoms with Crippen LogP contribution in [-0.2, 0) is 26.2 Å². The second kappa shape index (κ2) is 9.48. The van der Waals surface area contributed by atoms with Crippen LogP contribution in [0.1, 0.15) is 65.5 Å². The molecule has 0 radical (unpaired) electrons. The molecule has 1 aromatic carbocycles. The third kappa shape index (κ3) is 4.46. The van der Waals surface area contributed by atoms with Gasteiger partial charge in [-0.2, -0.15) is 0 Å². The molecule has 1 unspecified atom stereocenters. The van der Waals surface area contributed by atoms with Crippen molar-refractivity contribution >= 4 is 11.6 Å². The van der Waals surface area contributed by atoms with E-state index in [9.17, 15) is 0 Å². The molecule has 0 aromatic heterocycles. The maximum Gasteiger partial charge on any atom is 2.00 e. The molecule has 1 aromatic rings. The summed E-state index contributed by atoms with van der Waals surface area (Å²) in [6.45, 7) is 14.2. The third-order valence-corrected chi connectivity index (χ3v) is 6.58. The van der Waals surface area contributed by atoms with E-state index < -0.39 is 0 Å². The van der Waals surface area contributed by atoms with Crippen LogP contribution in [0, 0.1) is 16.2 Å². The Bertz CT molecular complexity index is 946. The van der Waals surface area contributed by atoms with Gasteiger partial charge in [-0.15, -0.1) is 0 Å². The summed E-state index contributed by atoms with van der Waals surface area (Å²) in [5, 5.41) is 0. The van der Waals surface area contributed by atoms with Gasteiger partial charge >= 0.3 is 26.2 Å². The van der Waals surface area contributed by atoms with Gasteiger partial charge < -0.3 is 24.8 Å². The maximum atomic E-state index is 2.54. The number of fused-ring (bicyclic) bond motifs is 3. The van der Waals surface area contributed by atoms with Gasteiger partial charge in [0.15, 0.2) is 0 Å². The molecule has 0 N–H and O–H groups in total. The summed E-state index contributed by atoms with van der Waals surface area (Å²) in [6, 6.07) is 8.93. The zero-order chi connectivity index (χ0) is 19.4. The third-order valence-electron chi connectivity index (χ3n) is 6.58. The van der Waals surface area contributed by atoms with E-state index in [1.54, 1.807) is 5.57 Å². The smallest absolute Gasteiger partial charge is 1.00 e. The van der Waals surface area contributed by atoms with Crippen LogP contribution in [0.25, 0.3) is 11.6 Å². The molecule has 3 aliphatic carbocycles. The number of hydrogen-bond acceptors (Lipinski definition) is 0. The summed E-state index contributed by atoms with van der Waals surface area (Å²) in [7, 11) is 0. The van der Waals surface area contributed by atoms with E-state index in [4.69, 9.17) is 0 Å². The minimum atomic E-state index is 0. The summed E-state index contributed by atoms with van der Waals surface area (Å²) in [5.41, 5.74) is 9.10. The maximum absolute atomic E-state index is 2.54. The number of allylic oxidation sites excluding steroid dienone is 9. The first-order valence-corrected chi connectivity index (χ1v) is 10.2. The molecular formula is C27H32Cl2Zr. The van der Waals surface area contributed by atoms with Crippen molar-refractivity contribution in [1.82, 2.24) is 0 Å². The molecule has 0 aliphatic heterocycles. The summed E-state index contributed by atoms with van der Waals surface area (Å²) < 4.78 is 0. The van der Waals surface area contributed by atoms with E-state index in [2.05, 4.69) is 102 Å². The number of benzene rings is 1. The van der Waals surface area contributed by atoms with Crippen molar-refractivity contribution in [2.24, 2.45) is 16.2 Å². The Hall–Kier alpha value is -0.617. The minimum absolute atomic E-state index is 0. The SMILES string of the molecule is CC(C)(C)C1=C2C(=Cc3ccccc32)C(CC2=CC=CC2)(C(C)(C)C)C=C1.[Cl-].[Cl-].[Zr+2]. The molecule has 4 rings (SSSR count). The topological polar surface area (TPSA) is 0 Å². The average molecular weight is 519 g/mol. The zero-order valence-corrected chi connectivity index (χ0v) is 22.9.